The molecule has 4 nitrogen and oxygen atoms in total. The van der Waals surface area contributed by atoms with Crippen LogP contribution in [-0.2, 0) is 4.79 Å². The third kappa shape index (κ3) is 1.95. The molecule has 117 valence electrons. The van der Waals surface area contributed by atoms with E-state index in [1.807, 2.05) is 6.08 Å². The average molecular weight is 298 g/mol. The average Bonchev–Trinajstić information content (AvgIpc) is 3.04. The summed E-state index contributed by atoms with van der Waals surface area (Å²) in [7, 11) is 0. The monoisotopic (exact) mass is 298 g/mol. The lowest BCUT2D eigenvalue weighted by molar-refractivity contribution is -0.118. The van der Waals surface area contributed by atoms with Gasteiger partial charge in [0.25, 0.3) is 5.91 Å². The largest absolute Gasteiger partial charge is 0.347 e. The zero-order chi connectivity index (χ0) is 14.9. The maximum absolute atomic E-state index is 12.6. The van der Waals surface area contributed by atoms with Crippen LogP contribution < -0.4 is 10.7 Å². The smallest absolute Gasteiger partial charge is 0.272 e. The molecule has 4 bridgehead atoms. The van der Waals surface area contributed by atoms with E-state index >= 15 is 0 Å². The molecular weight excluding hydrogens is 274 g/mol. The molecule has 5 saturated carbocycles. The molecule has 5 fully saturated rings. The molecule has 22 heavy (non-hydrogen) atoms. The van der Waals surface area contributed by atoms with E-state index < -0.39 is 0 Å². The molecule has 6 aliphatic rings. The number of allylic oxidation sites excluding steroid dienone is 1. The summed E-state index contributed by atoms with van der Waals surface area (Å²) in [6, 6.07) is 0.386. The van der Waals surface area contributed by atoms with Crippen molar-refractivity contribution in [3.63, 3.8) is 0 Å². The SMILES string of the molecule is CC1(C2=CC(C(=O)NC3C4CC5CC(C4)CC3C5)=N[N]2)CC1. The lowest BCUT2D eigenvalue weighted by Crippen LogP contribution is -2.56. The normalized spacial score (nSPS) is 43.4. The fraction of sp³-hybridized carbons (Fsp3) is 0.778. The van der Waals surface area contributed by atoms with Gasteiger partial charge >= 0.3 is 0 Å². The van der Waals surface area contributed by atoms with Gasteiger partial charge in [0.1, 0.15) is 0 Å². The first-order valence-electron chi connectivity index (χ1n) is 8.92. The van der Waals surface area contributed by atoms with E-state index in [1.54, 1.807) is 0 Å². The highest BCUT2D eigenvalue weighted by atomic mass is 16.2. The lowest BCUT2D eigenvalue weighted by Gasteiger charge is -2.54. The van der Waals surface area contributed by atoms with Crippen LogP contribution >= 0.6 is 0 Å². The highest BCUT2D eigenvalue weighted by Gasteiger charge is 2.49. The second-order valence-electron chi connectivity index (χ2n) is 8.61. The molecule has 0 aromatic rings. The van der Waals surface area contributed by atoms with Crippen molar-refractivity contribution in [3.8, 4) is 0 Å². The van der Waals surface area contributed by atoms with Gasteiger partial charge in [0, 0.05) is 11.5 Å². The number of carbonyl (C=O) groups excluding carboxylic acids is 1. The van der Waals surface area contributed by atoms with Crippen LogP contribution in [0.2, 0.25) is 0 Å². The van der Waals surface area contributed by atoms with E-state index in [0.717, 1.165) is 17.5 Å². The molecule has 0 unspecified atom stereocenters. The van der Waals surface area contributed by atoms with E-state index in [4.69, 9.17) is 0 Å². The minimum Gasteiger partial charge on any atom is -0.347 e. The predicted molar refractivity (Wildman–Crippen MR) is 84.0 cm³/mol. The molecule has 4 heteroatoms. The van der Waals surface area contributed by atoms with Crippen molar-refractivity contribution in [2.75, 3.05) is 0 Å². The van der Waals surface area contributed by atoms with E-state index in [2.05, 4.69) is 22.8 Å². The Bertz CT molecular complexity index is 559. The van der Waals surface area contributed by atoms with Crippen LogP contribution in [0, 0.1) is 29.1 Å². The third-order valence-electron chi connectivity index (χ3n) is 6.91. The molecule has 6 rings (SSSR count). The predicted octanol–water partition coefficient (Wildman–Crippen LogP) is 2.59. The molecule has 0 atom stereocenters. The van der Waals surface area contributed by atoms with Gasteiger partial charge in [-0.05, 0) is 74.7 Å². The zero-order valence-electron chi connectivity index (χ0n) is 13.2. The molecule has 1 heterocycles. The van der Waals surface area contributed by atoms with E-state index in [-0.39, 0.29) is 11.3 Å². The van der Waals surface area contributed by atoms with Gasteiger partial charge in [-0.25, -0.2) is 0 Å². The second kappa shape index (κ2) is 4.36. The number of hydrogen-bond donors (Lipinski definition) is 1. The fourth-order valence-electron chi connectivity index (χ4n) is 5.53. The van der Waals surface area contributed by atoms with Crippen LogP contribution in [0.3, 0.4) is 0 Å². The standard InChI is InChI=1S/C18H24N3O/c1-18(2-3-18)15-9-14(20-21-15)17(22)19-16-12-5-10-4-11(7-12)8-13(16)6-10/h9-13,16H,2-8H2,1H3,(H,19,22). The van der Waals surface area contributed by atoms with Gasteiger partial charge in [0.2, 0.25) is 0 Å². The summed E-state index contributed by atoms with van der Waals surface area (Å²) < 4.78 is 0. The molecule has 0 aromatic heterocycles. The van der Waals surface area contributed by atoms with Crippen molar-refractivity contribution in [1.29, 1.82) is 0 Å². The van der Waals surface area contributed by atoms with Gasteiger partial charge in [-0.3, -0.25) is 4.79 Å². The molecule has 0 aromatic carbocycles. The van der Waals surface area contributed by atoms with Crippen molar-refractivity contribution in [3.05, 3.63) is 11.8 Å². The highest BCUT2D eigenvalue weighted by Crippen LogP contribution is 2.54. The number of rotatable bonds is 3. The van der Waals surface area contributed by atoms with Crippen molar-refractivity contribution in [1.82, 2.24) is 10.7 Å². The second-order valence-corrected chi connectivity index (χ2v) is 8.61. The number of amides is 1. The van der Waals surface area contributed by atoms with E-state index in [1.165, 1.54) is 44.9 Å². The summed E-state index contributed by atoms with van der Waals surface area (Å²) in [5.74, 6) is 3.30. The Balaban J connectivity index is 1.28. The van der Waals surface area contributed by atoms with Crippen LogP contribution in [-0.4, -0.2) is 17.7 Å². The van der Waals surface area contributed by atoms with Crippen molar-refractivity contribution in [2.24, 2.45) is 34.2 Å². The Morgan fingerprint density at radius 3 is 2.36 bits per heavy atom. The third-order valence-corrected chi connectivity index (χ3v) is 6.91. The lowest BCUT2D eigenvalue weighted by atomic mass is 9.54. The summed E-state index contributed by atoms with van der Waals surface area (Å²) in [6.07, 6.45) is 11.0. The maximum atomic E-state index is 12.6. The molecule has 0 spiro atoms. The molecule has 0 saturated heterocycles. The minimum atomic E-state index is 0.000438. The van der Waals surface area contributed by atoms with Gasteiger partial charge in [0.15, 0.2) is 5.71 Å². The summed E-state index contributed by atoms with van der Waals surface area (Å²) in [5, 5.41) is 7.47. The number of hydrogen-bond acceptors (Lipinski definition) is 2. The Hall–Kier alpha value is -1.32. The minimum absolute atomic E-state index is 0.000438. The first-order valence-corrected chi connectivity index (χ1v) is 8.92. The molecule has 5 aliphatic carbocycles. The Morgan fingerprint density at radius 1 is 1.14 bits per heavy atom. The van der Waals surface area contributed by atoms with Gasteiger partial charge in [0.05, 0.1) is 5.70 Å². The molecule has 1 amide bonds. The number of nitrogens with zero attached hydrogens (tertiary/aromatic N) is 2. The maximum Gasteiger partial charge on any atom is 0.272 e. The van der Waals surface area contributed by atoms with Crippen LogP contribution in [0.1, 0.15) is 51.9 Å². The fourth-order valence-corrected chi connectivity index (χ4v) is 5.53. The quantitative estimate of drug-likeness (QED) is 0.855. The van der Waals surface area contributed by atoms with Crippen molar-refractivity contribution in [2.45, 2.75) is 57.9 Å². The molecule has 1 radical (unpaired) electrons. The van der Waals surface area contributed by atoms with E-state index in [0.29, 0.717) is 23.6 Å². The van der Waals surface area contributed by atoms with Gasteiger partial charge < -0.3 is 5.32 Å². The van der Waals surface area contributed by atoms with E-state index in [9.17, 15) is 4.79 Å². The molecule has 1 aliphatic heterocycles. The van der Waals surface area contributed by atoms with Gasteiger partial charge in [-0.1, -0.05) is 6.92 Å². The van der Waals surface area contributed by atoms with Crippen LogP contribution in [0.15, 0.2) is 16.9 Å². The summed E-state index contributed by atoms with van der Waals surface area (Å²) >= 11 is 0. The number of carbonyl (C=O) groups is 1. The van der Waals surface area contributed by atoms with Crippen molar-refractivity contribution >= 4 is 11.6 Å². The van der Waals surface area contributed by atoms with Crippen LogP contribution in [0.4, 0.5) is 0 Å². The Kier molecular flexibility index (Phi) is 2.61. The zero-order valence-corrected chi connectivity index (χ0v) is 13.2. The molecule has 1 N–H and O–H groups in total. The Morgan fingerprint density at radius 2 is 1.77 bits per heavy atom. The van der Waals surface area contributed by atoms with Crippen molar-refractivity contribution < 1.29 is 4.79 Å². The Labute approximate surface area is 131 Å². The van der Waals surface area contributed by atoms with Gasteiger partial charge in [-0.2, -0.15) is 5.43 Å². The van der Waals surface area contributed by atoms with Gasteiger partial charge in [-0.15, -0.1) is 5.10 Å². The summed E-state index contributed by atoms with van der Waals surface area (Å²) in [6.45, 7) is 2.20. The first-order chi connectivity index (χ1) is 10.6. The van der Waals surface area contributed by atoms with Crippen LogP contribution in [0.25, 0.3) is 0 Å². The molecular formula is C18H24N3O. The summed E-state index contributed by atoms with van der Waals surface area (Å²) in [5.41, 5.74) is 5.96. The number of nitrogens with one attached hydrogen (secondary N) is 1. The van der Waals surface area contributed by atoms with Crippen LogP contribution in [0.5, 0.6) is 0 Å². The highest BCUT2D eigenvalue weighted by molar-refractivity contribution is 6.44. The topological polar surface area (TPSA) is 55.6 Å². The first kappa shape index (κ1) is 13.1. The summed E-state index contributed by atoms with van der Waals surface area (Å²) in [4.78, 5) is 12.6.